The van der Waals surface area contributed by atoms with Crippen LogP contribution in [0.2, 0.25) is 0 Å². The Hall–Kier alpha value is -0.200. The number of ether oxygens (including phenoxy) is 4. The predicted octanol–water partition coefficient (Wildman–Crippen LogP) is 1.46. The van der Waals surface area contributed by atoms with E-state index < -0.39 is 0 Å². The van der Waals surface area contributed by atoms with E-state index in [2.05, 4.69) is 12.2 Å². The van der Waals surface area contributed by atoms with Crippen LogP contribution in [0.25, 0.3) is 0 Å². The molecule has 0 aromatic carbocycles. The van der Waals surface area contributed by atoms with Crippen molar-refractivity contribution in [3.05, 3.63) is 0 Å². The SMILES string of the molecule is CCNCC1(CCOCCOCCOC)CCOCC1. The fourth-order valence-corrected chi connectivity index (χ4v) is 2.46. The molecule has 0 bridgehead atoms. The molecule has 0 amide bonds. The van der Waals surface area contributed by atoms with Gasteiger partial charge in [0.15, 0.2) is 0 Å². The molecule has 1 rings (SSSR count). The first-order chi connectivity index (χ1) is 9.83. The Morgan fingerprint density at radius 3 is 2.30 bits per heavy atom. The smallest absolute Gasteiger partial charge is 0.0701 e. The highest BCUT2D eigenvalue weighted by atomic mass is 16.5. The van der Waals surface area contributed by atoms with Gasteiger partial charge < -0.3 is 24.3 Å². The molecule has 0 aromatic rings. The molecule has 120 valence electrons. The molecule has 1 aliphatic rings. The normalized spacial score (nSPS) is 18.3. The van der Waals surface area contributed by atoms with E-state index in [0.29, 0.717) is 31.8 Å². The third-order valence-electron chi connectivity index (χ3n) is 3.88. The summed E-state index contributed by atoms with van der Waals surface area (Å²) in [6.07, 6.45) is 3.36. The van der Waals surface area contributed by atoms with Crippen LogP contribution in [0.15, 0.2) is 0 Å². The van der Waals surface area contributed by atoms with Crippen LogP contribution in [0.3, 0.4) is 0 Å². The average molecular weight is 289 g/mol. The zero-order valence-electron chi connectivity index (χ0n) is 13.1. The first-order valence-electron chi connectivity index (χ1n) is 7.76. The van der Waals surface area contributed by atoms with Crippen LogP contribution in [-0.4, -0.2) is 66.4 Å². The molecule has 0 radical (unpaired) electrons. The third kappa shape index (κ3) is 7.55. The van der Waals surface area contributed by atoms with Gasteiger partial charge in [0.2, 0.25) is 0 Å². The molecule has 0 aromatic heterocycles. The summed E-state index contributed by atoms with van der Waals surface area (Å²) in [6.45, 7) is 9.41. The minimum absolute atomic E-state index is 0.352. The minimum Gasteiger partial charge on any atom is -0.382 e. The van der Waals surface area contributed by atoms with Crippen LogP contribution in [0.5, 0.6) is 0 Å². The van der Waals surface area contributed by atoms with Gasteiger partial charge in [0.05, 0.1) is 26.4 Å². The number of methoxy groups -OCH3 is 1. The van der Waals surface area contributed by atoms with Gasteiger partial charge in [-0.1, -0.05) is 6.92 Å². The highest BCUT2D eigenvalue weighted by molar-refractivity contribution is 4.83. The van der Waals surface area contributed by atoms with Gasteiger partial charge in [-0.25, -0.2) is 0 Å². The van der Waals surface area contributed by atoms with Crippen molar-refractivity contribution in [2.45, 2.75) is 26.2 Å². The van der Waals surface area contributed by atoms with Crippen LogP contribution in [0.1, 0.15) is 26.2 Å². The summed E-state index contributed by atoms with van der Waals surface area (Å²) < 4.78 is 21.5. The van der Waals surface area contributed by atoms with Crippen LogP contribution in [-0.2, 0) is 18.9 Å². The lowest BCUT2D eigenvalue weighted by molar-refractivity contribution is -0.0165. The van der Waals surface area contributed by atoms with Crippen LogP contribution in [0.4, 0.5) is 0 Å². The summed E-state index contributed by atoms with van der Waals surface area (Å²) in [5.41, 5.74) is 0.352. The lowest BCUT2D eigenvalue weighted by atomic mass is 9.77. The number of rotatable bonds is 12. The van der Waals surface area contributed by atoms with Crippen molar-refractivity contribution < 1.29 is 18.9 Å². The molecule has 1 aliphatic heterocycles. The molecule has 0 saturated carbocycles. The van der Waals surface area contributed by atoms with Crippen molar-refractivity contribution >= 4 is 0 Å². The second-order valence-electron chi connectivity index (χ2n) is 5.36. The Bertz CT molecular complexity index is 220. The van der Waals surface area contributed by atoms with Crippen LogP contribution in [0, 0.1) is 5.41 Å². The summed E-state index contributed by atoms with van der Waals surface area (Å²) >= 11 is 0. The molecule has 1 saturated heterocycles. The topological polar surface area (TPSA) is 49.0 Å². The zero-order chi connectivity index (χ0) is 14.5. The van der Waals surface area contributed by atoms with E-state index in [1.54, 1.807) is 7.11 Å². The Labute approximate surface area is 123 Å². The Balaban J connectivity index is 2.09. The molecule has 20 heavy (non-hydrogen) atoms. The summed E-state index contributed by atoms with van der Waals surface area (Å²) in [4.78, 5) is 0. The molecule has 5 heteroatoms. The average Bonchev–Trinajstić information content (AvgIpc) is 2.49. The first kappa shape index (κ1) is 17.9. The first-order valence-corrected chi connectivity index (χ1v) is 7.76. The Morgan fingerprint density at radius 1 is 1.00 bits per heavy atom. The third-order valence-corrected chi connectivity index (χ3v) is 3.88. The number of hydrogen-bond donors (Lipinski definition) is 1. The molecule has 0 atom stereocenters. The van der Waals surface area contributed by atoms with E-state index in [4.69, 9.17) is 18.9 Å². The van der Waals surface area contributed by atoms with Crippen molar-refractivity contribution in [3.8, 4) is 0 Å². The van der Waals surface area contributed by atoms with E-state index in [0.717, 1.165) is 52.2 Å². The monoisotopic (exact) mass is 289 g/mol. The van der Waals surface area contributed by atoms with Crippen LogP contribution >= 0.6 is 0 Å². The molecule has 1 fully saturated rings. The summed E-state index contributed by atoms with van der Waals surface area (Å²) in [6, 6.07) is 0. The fourth-order valence-electron chi connectivity index (χ4n) is 2.46. The Kier molecular flexibility index (Phi) is 10.2. The fraction of sp³-hybridized carbons (Fsp3) is 1.00. The zero-order valence-corrected chi connectivity index (χ0v) is 13.1. The molecule has 5 nitrogen and oxygen atoms in total. The molecule has 1 heterocycles. The molecular formula is C15H31NO4. The quantitative estimate of drug-likeness (QED) is 0.551. The highest BCUT2D eigenvalue weighted by Gasteiger charge is 2.31. The lowest BCUT2D eigenvalue weighted by Crippen LogP contribution is -2.40. The van der Waals surface area contributed by atoms with Crippen molar-refractivity contribution in [1.29, 1.82) is 0 Å². The van der Waals surface area contributed by atoms with Crippen molar-refractivity contribution in [2.24, 2.45) is 5.41 Å². The van der Waals surface area contributed by atoms with Gasteiger partial charge in [0.1, 0.15) is 0 Å². The molecule has 0 aliphatic carbocycles. The minimum atomic E-state index is 0.352. The maximum atomic E-state index is 5.69. The van der Waals surface area contributed by atoms with Crippen LogP contribution < -0.4 is 5.32 Å². The maximum absolute atomic E-state index is 5.69. The van der Waals surface area contributed by atoms with Gasteiger partial charge in [-0.2, -0.15) is 0 Å². The number of hydrogen-bond acceptors (Lipinski definition) is 5. The van der Waals surface area contributed by atoms with Gasteiger partial charge >= 0.3 is 0 Å². The maximum Gasteiger partial charge on any atom is 0.0701 e. The molecule has 1 N–H and O–H groups in total. The van der Waals surface area contributed by atoms with Gasteiger partial charge in [-0.05, 0) is 31.2 Å². The van der Waals surface area contributed by atoms with Gasteiger partial charge in [0, 0.05) is 33.5 Å². The summed E-state index contributed by atoms with van der Waals surface area (Å²) in [7, 11) is 1.68. The Morgan fingerprint density at radius 2 is 1.65 bits per heavy atom. The second-order valence-corrected chi connectivity index (χ2v) is 5.36. The number of nitrogens with one attached hydrogen (secondary N) is 1. The van der Waals surface area contributed by atoms with Gasteiger partial charge in [0.25, 0.3) is 0 Å². The van der Waals surface area contributed by atoms with E-state index in [9.17, 15) is 0 Å². The van der Waals surface area contributed by atoms with E-state index in [1.807, 2.05) is 0 Å². The molecular weight excluding hydrogens is 258 g/mol. The van der Waals surface area contributed by atoms with Crippen molar-refractivity contribution in [1.82, 2.24) is 5.32 Å². The summed E-state index contributed by atoms with van der Waals surface area (Å²) in [5, 5.41) is 3.48. The predicted molar refractivity (Wildman–Crippen MR) is 79.2 cm³/mol. The largest absolute Gasteiger partial charge is 0.382 e. The van der Waals surface area contributed by atoms with E-state index in [-0.39, 0.29) is 0 Å². The van der Waals surface area contributed by atoms with Gasteiger partial charge in [-0.15, -0.1) is 0 Å². The highest BCUT2D eigenvalue weighted by Crippen LogP contribution is 2.33. The van der Waals surface area contributed by atoms with E-state index in [1.165, 1.54) is 0 Å². The summed E-state index contributed by atoms with van der Waals surface area (Å²) in [5.74, 6) is 0. The lowest BCUT2D eigenvalue weighted by Gasteiger charge is -2.37. The second kappa shape index (κ2) is 11.5. The van der Waals surface area contributed by atoms with Gasteiger partial charge in [-0.3, -0.25) is 0 Å². The van der Waals surface area contributed by atoms with Crippen molar-refractivity contribution in [2.75, 3.05) is 66.4 Å². The molecule has 0 unspecified atom stereocenters. The van der Waals surface area contributed by atoms with Crippen molar-refractivity contribution in [3.63, 3.8) is 0 Å². The van der Waals surface area contributed by atoms with E-state index >= 15 is 0 Å². The standard InChI is InChI=1S/C15H31NO4/c1-3-16-14-15(4-7-18-8-5-15)6-9-19-12-13-20-11-10-17-2/h16H,3-14H2,1-2H3. The molecule has 0 spiro atoms.